The Morgan fingerprint density at radius 1 is 1.06 bits per heavy atom. The van der Waals surface area contributed by atoms with E-state index < -0.39 is 5.92 Å². The minimum Gasteiger partial charge on any atom is -0.508 e. The van der Waals surface area contributed by atoms with Crippen molar-refractivity contribution in [2.75, 3.05) is 32.8 Å². The average molecular weight is 420 g/mol. The summed E-state index contributed by atoms with van der Waals surface area (Å²) in [5.41, 5.74) is 14.5. The number of hydrogen-bond acceptors (Lipinski definition) is 9. The van der Waals surface area contributed by atoms with Crippen molar-refractivity contribution in [1.29, 1.82) is 5.26 Å². The number of fused-ring (bicyclic) bond motifs is 2. The highest BCUT2D eigenvalue weighted by Gasteiger charge is 2.35. The van der Waals surface area contributed by atoms with Crippen molar-refractivity contribution in [3.05, 3.63) is 52.6 Å². The first-order valence-electron chi connectivity index (χ1n) is 9.23. The predicted octanol–water partition coefficient (Wildman–Crippen LogP) is 3.13. The Balaban J connectivity index is 2.06. The van der Waals surface area contributed by atoms with Crippen LogP contribution in [-0.4, -0.2) is 31.4 Å². The number of nitrogen functional groups attached to an aromatic ring is 2. The number of pyridine rings is 1. The number of ether oxygens (including phenoxy) is 4. The highest BCUT2D eigenvalue weighted by molar-refractivity contribution is 5.76. The molecular formula is C22H20N4O5. The minimum absolute atomic E-state index is 0.0282. The molecule has 3 aromatic rings. The summed E-state index contributed by atoms with van der Waals surface area (Å²) in [7, 11) is 4.57. The Hall–Kier alpha value is -4.32. The summed E-state index contributed by atoms with van der Waals surface area (Å²) in [6.45, 7) is 0. The molecule has 0 amide bonds. The van der Waals surface area contributed by atoms with Gasteiger partial charge in [0.2, 0.25) is 11.6 Å². The topological polar surface area (TPSA) is 146 Å². The quantitative estimate of drug-likeness (QED) is 0.453. The third-order valence-electron chi connectivity index (χ3n) is 5.20. The van der Waals surface area contributed by atoms with E-state index in [-0.39, 0.29) is 28.7 Å². The molecule has 0 bridgehead atoms. The van der Waals surface area contributed by atoms with Crippen LogP contribution in [0.5, 0.6) is 34.6 Å². The first kappa shape index (κ1) is 20.0. The lowest BCUT2D eigenvalue weighted by molar-refractivity contribution is 0.323. The summed E-state index contributed by atoms with van der Waals surface area (Å²) in [6, 6.07) is 10.3. The third kappa shape index (κ3) is 3.05. The van der Waals surface area contributed by atoms with E-state index in [1.165, 1.54) is 27.4 Å². The SMILES string of the molecule is COc1cc([C@@H]2c3ccc(O)cc3Oc3nc(N)c(C#N)c(N)c32)cc(OC)c1OC. The molecule has 0 spiro atoms. The van der Waals surface area contributed by atoms with Gasteiger partial charge in [-0.25, -0.2) is 0 Å². The molecule has 2 heterocycles. The van der Waals surface area contributed by atoms with Crippen LogP contribution in [0.4, 0.5) is 11.5 Å². The normalized spacial score (nSPS) is 13.9. The third-order valence-corrected chi connectivity index (χ3v) is 5.20. The zero-order chi connectivity index (χ0) is 22.3. The van der Waals surface area contributed by atoms with E-state index in [0.717, 1.165) is 5.56 Å². The fourth-order valence-electron chi connectivity index (χ4n) is 3.81. The number of nitriles is 1. The van der Waals surface area contributed by atoms with Crippen LogP contribution in [0.3, 0.4) is 0 Å². The molecule has 158 valence electrons. The molecule has 9 nitrogen and oxygen atoms in total. The Morgan fingerprint density at radius 3 is 2.32 bits per heavy atom. The van der Waals surface area contributed by atoms with E-state index in [2.05, 4.69) is 4.98 Å². The molecule has 5 N–H and O–H groups in total. The largest absolute Gasteiger partial charge is 0.508 e. The molecular weight excluding hydrogens is 400 g/mol. The second kappa shape index (κ2) is 7.50. The number of phenolic OH excluding ortho intramolecular Hbond substituents is 1. The lowest BCUT2D eigenvalue weighted by atomic mass is 9.82. The van der Waals surface area contributed by atoms with E-state index in [1.54, 1.807) is 24.3 Å². The molecule has 2 aromatic carbocycles. The van der Waals surface area contributed by atoms with Crippen LogP contribution in [0.2, 0.25) is 0 Å². The van der Waals surface area contributed by atoms with E-state index in [4.69, 9.17) is 30.4 Å². The summed E-state index contributed by atoms with van der Waals surface area (Å²) in [4.78, 5) is 4.25. The summed E-state index contributed by atoms with van der Waals surface area (Å²) in [6.07, 6.45) is 0. The van der Waals surface area contributed by atoms with E-state index in [9.17, 15) is 10.4 Å². The molecule has 1 aliphatic rings. The van der Waals surface area contributed by atoms with Gasteiger partial charge in [0, 0.05) is 17.5 Å². The molecule has 1 aromatic heterocycles. The average Bonchev–Trinajstić information content (AvgIpc) is 2.76. The van der Waals surface area contributed by atoms with Crippen LogP contribution in [-0.2, 0) is 0 Å². The fourth-order valence-corrected chi connectivity index (χ4v) is 3.81. The monoisotopic (exact) mass is 420 g/mol. The maximum absolute atomic E-state index is 9.97. The number of aromatic hydroxyl groups is 1. The number of anilines is 2. The first-order valence-corrected chi connectivity index (χ1v) is 9.23. The van der Waals surface area contributed by atoms with Gasteiger partial charge in [-0.2, -0.15) is 10.2 Å². The number of hydrogen-bond donors (Lipinski definition) is 3. The summed E-state index contributed by atoms with van der Waals surface area (Å²) in [5, 5.41) is 19.5. The summed E-state index contributed by atoms with van der Waals surface area (Å²) < 4.78 is 22.3. The molecule has 1 aliphatic heterocycles. The van der Waals surface area contributed by atoms with Gasteiger partial charge >= 0.3 is 0 Å². The number of aromatic nitrogens is 1. The lowest BCUT2D eigenvalue weighted by Gasteiger charge is -2.30. The van der Waals surface area contributed by atoms with Gasteiger partial charge in [-0.15, -0.1) is 0 Å². The highest BCUT2D eigenvalue weighted by Crippen LogP contribution is 2.52. The molecule has 0 fully saturated rings. The molecule has 4 rings (SSSR count). The van der Waals surface area contributed by atoms with Crippen LogP contribution in [0, 0.1) is 11.3 Å². The Morgan fingerprint density at radius 2 is 1.74 bits per heavy atom. The number of benzene rings is 2. The minimum atomic E-state index is -0.506. The van der Waals surface area contributed by atoms with E-state index in [1.807, 2.05) is 6.07 Å². The lowest BCUT2D eigenvalue weighted by Crippen LogP contribution is -2.17. The smallest absolute Gasteiger partial charge is 0.227 e. The highest BCUT2D eigenvalue weighted by atomic mass is 16.5. The zero-order valence-corrected chi connectivity index (χ0v) is 17.1. The number of nitrogens with two attached hydrogens (primary N) is 2. The second-order valence-electron chi connectivity index (χ2n) is 6.83. The van der Waals surface area contributed by atoms with Gasteiger partial charge in [0.1, 0.15) is 28.9 Å². The van der Waals surface area contributed by atoms with Gasteiger partial charge in [0.15, 0.2) is 11.5 Å². The first-order chi connectivity index (χ1) is 14.9. The van der Waals surface area contributed by atoms with Crippen molar-refractivity contribution in [2.24, 2.45) is 0 Å². The molecule has 9 heteroatoms. The maximum Gasteiger partial charge on any atom is 0.227 e. The Labute approximate surface area is 178 Å². The molecule has 1 atom stereocenters. The van der Waals surface area contributed by atoms with Crippen molar-refractivity contribution < 1.29 is 24.1 Å². The Kier molecular flexibility index (Phi) is 4.83. The van der Waals surface area contributed by atoms with Crippen molar-refractivity contribution in [2.45, 2.75) is 5.92 Å². The summed E-state index contributed by atoms with van der Waals surface area (Å²) in [5.74, 6) is 1.38. The molecule has 0 saturated carbocycles. The summed E-state index contributed by atoms with van der Waals surface area (Å²) >= 11 is 0. The number of rotatable bonds is 4. The maximum atomic E-state index is 9.97. The molecule has 0 radical (unpaired) electrons. The number of nitrogens with zero attached hydrogens (tertiary/aromatic N) is 2. The van der Waals surface area contributed by atoms with Gasteiger partial charge in [0.25, 0.3) is 0 Å². The molecule has 0 unspecified atom stereocenters. The van der Waals surface area contributed by atoms with Gasteiger partial charge < -0.3 is 35.5 Å². The molecule has 31 heavy (non-hydrogen) atoms. The van der Waals surface area contributed by atoms with Crippen LogP contribution in [0.25, 0.3) is 0 Å². The van der Waals surface area contributed by atoms with Crippen molar-refractivity contribution in [3.8, 4) is 40.7 Å². The number of phenols is 1. The van der Waals surface area contributed by atoms with Crippen LogP contribution in [0.15, 0.2) is 30.3 Å². The van der Waals surface area contributed by atoms with Gasteiger partial charge in [-0.05, 0) is 23.8 Å². The van der Waals surface area contributed by atoms with Crippen molar-refractivity contribution in [3.63, 3.8) is 0 Å². The van der Waals surface area contributed by atoms with Crippen LogP contribution < -0.4 is 30.4 Å². The predicted molar refractivity (Wildman–Crippen MR) is 113 cm³/mol. The van der Waals surface area contributed by atoms with Crippen molar-refractivity contribution in [1.82, 2.24) is 4.98 Å². The fraction of sp³-hybridized carbons (Fsp3) is 0.182. The van der Waals surface area contributed by atoms with Gasteiger partial charge in [-0.1, -0.05) is 6.07 Å². The number of methoxy groups -OCH3 is 3. The standard InChI is InChI=1S/C22H20N4O5/c1-28-15-6-10(7-16(29-2)20(15)30-3)17-12-5-4-11(27)8-14(12)31-22-18(17)19(24)13(9-23)21(25)26-22/h4-8,17,27H,1-3H3,(H4,24,25,26)/t17-/m1/s1. The van der Waals surface area contributed by atoms with Crippen LogP contribution >= 0.6 is 0 Å². The van der Waals surface area contributed by atoms with Crippen LogP contribution in [0.1, 0.15) is 28.2 Å². The van der Waals surface area contributed by atoms with E-state index >= 15 is 0 Å². The van der Waals surface area contributed by atoms with Gasteiger partial charge in [-0.3, -0.25) is 0 Å². The van der Waals surface area contributed by atoms with Crippen molar-refractivity contribution >= 4 is 11.5 Å². The zero-order valence-electron chi connectivity index (χ0n) is 17.1. The van der Waals surface area contributed by atoms with Gasteiger partial charge in [0.05, 0.1) is 32.6 Å². The Bertz CT molecular complexity index is 1210. The van der Waals surface area contributed by atoms with E-state index in [0.29, 0.717) is 34.1 Å². The second-order valence-corrected chi connectivity index (χ2v) is 6.83. The molecule has 0 saturated heterocycles. The molecule has 0 aliphatic carbocycles.